The zero-order valence-corrected chi connectivity index (χ0v) is 13.1. The molecule has 1 aliphatic heterocycles. The molecule has 1 aromatic heterocycles. The molecule has 1 saturated carbocycles. The van der Waals surface area contributed by atoms with E-state index in [1.54, 1.807) is 12.1 Å². The Morgan fingerprint density at radius 2 is 2.17 bits per heavy atom. The van der Waals surface area contributed by atoms with Crippen LogP contribution in [0.5, 0.6) is 0 Å². The summed E-state index contributed by atoms with van der Waals surface area (Å²) in [4.78, 5) is 25.4. The van der Waals surface area contributed by atoms with E-state index in [1.807, 2.05) is 12.1 Å². The van der Waals surface area contributed by atoms with E-state index in [9.17, 15) is 14.7 Å². The van der Waals surface area contributed by atoms with Crippen LogP contribution < -0.4 is 5.32 Å². The smallest absolute Gasteiger partial charge is 0.407 e. The lowest BCUT2D eigenvalue weighted by atomic mass is 9.94. The molecule has 3 atom stereocenters. The Balaban J connectivity index is 1.49. The largest absolute Gasteiger partial charge is 0.465 e. The van der Waals surface area contributed by atoms with Crippen molar-refractivity contribution in [3.05, 3.63) is 30.0 Å². The van der Waals surface area contributed by atoms with Gasteiger partial charge in [0, 0.05) is 13.1 Å². The molecule has 2 heterocycles. The highest BCUT2D eigenvalue weighted by Crippen LogP contribution is 2.41. The van der Waals surface area contributed by atoms with Crippen LogP contribution in [0.3, 0.4) is 0 Å². The van der Waals surface area contributed by atoms with Crippen molar-refractivity contribution in [2.24, 2.45) is 11.8 Å². The average Bonchev–Trinajstić information content (AvgIpc) is 3.26. The molecule has 7 heteroatoms. The van der Waals surface area contributed by atoms with Crippen molar-refractivity contribution in [1.82, 2.24) is 15.4 Å². The fraction of sp³-hybridized carbons (Fsp3) is 0.471. The molecule has 0 radical (unpaired) electrons. The molecule has 0 bridgehead atoms. The number of carboxylic acid groups (broad SMARTS) is 1. The summed E-state index contributed by atoms with van der Waals surface area (Å²) in [7, 11) is 0. The van der Waals surface area contributed by atoms with Gasteiger partial charge in [-0.3, -0.25) is 4.79 Å². The van der Waals surface area contributed by atoms with Gasteiger partial charge in [-0.2, -0.15) is 0 Å². The number of carbonyl (C=O) groups is 2. The predicted octanol–water partition coefficient (Wildman–Crippen LogP) is 2.34. The van der Waals surface area contributed by atoms with Gasteiger partial charge < -0.3 is 19.8 Å². The predicted molar refractivity (Wildman–Crippen MR) is 85.7 cm³/mol. The average molecular weight is 329 g/mol. The number of carbonyl (C=O) groups excluding carboxylic acids is 1. The maximum absolute atomic E-state index is 12.4. The summed E-state index contributed by atoms with van der Waals surface area (Å²) >= 11 is 0. The normalized spacial score (nSPS) is 25.8. The Kier molecular flexibility index (Phi) is 3.63. The van der Waals surface area contributed by atoms with Crippen LogP contribution in [0.25, 0.3) is 11.0 Å². The highest BCUT2D eigenvalue weighted by atomic mass is 16.5. The second-order valence-corrected chi connectivity index (χ2v) is 6.59. The quantitative estimate of drug-likeness (QED) is 0.901. The first-order chi connectivity index (χ1) is 11.6. The van der Waals surface area contributed by atoms with Gasteiger partial charge in [-0.1, -0.05) is 23.7 Å². The first kappa shape index (κ1) is 15.0. The van der Waals surface area contributed by atoms with Gasteiger partial charge in [0.1, 0.15) is 0 Å². The van der Waals surface area contributed by atoms with E-state index in [0.29, 0.717) is 35.9 Å². The number of amides is 2. The molecule has 1 saturated heterocycles. The molecule has 1 unspecified atom stereocenters. The molecular formula is C17H19N3O4. The van der Waals surface area contributed by atoms with Gasteiger partial charge in [0.05, 0.1) is 11.4 Å². The van der Waals surface area contributed by atoms with E-state index < -0.39 is 6.09 Å². The SMILES string of the molecule is O=C(NC[C@@H]1[C@H]2CCCC2CN1C(=O)O)c1noc2ccccc12. The molecule has 24 heavy (non-hydrogen) atoms. The molecule has 4 rings (SSSR count). The number of hydrogen-bond donors (Lipinski definition) is 2. The molecule has 2 fully saturated rings. The van der Waals surface area contributed by atoms with Crippen LogP contribution in [-0.4, -0.2) is 46.3 Å². The molecule has 7 nitrogen and oxygen atoms in total. The van der Waals surface area contributed by atoms with Gasteiger partial charge in [-0.15, -0.1) is 0 Å². The first-order valence-corrected chi connectivity index (χ1v) is 8.27. The second kappa shape index (κ2) is 5.81. The summed E-state index contributed by atoms with van der Waals surface area (Å²) in [5, 5.41) is 16.8. The number of benzene rings is 1. The highest BCUT2D eigenvalue weighted by Gasteiger charge is 2.46. The van der Waals surface area contributed by atoms with Crippen LogP contribution in [0.15, 0.2) is 28.8 Å². The molecule has 2 N–H and O–H groups in total. The summed E-state index contributed by atoms with van der Waals surface area (Å²) in [5.74, 6) is 0.443. The molecule has 2 aliphatic rings. The summed E-state index contributed by atoms with van der Waals surface area (Å²) in [6.45, 7) is 0.890. The van der Waals surface area contributed by atoms with E-state index >= 15 is 0 Å². The van der Waals surface area contributed by atoms with Gasteiger partial charge >= 0.3 is 6.09 Å². The van der Waals surface area contributed by atoms with Crippen LogP contribution in [0, 0.1) is 11.8 Å². The summed E-state index contributed by atoms with van der Waals surface area (Å²) < 4.78 is 5.16. The monoisotopic (exact) mass is 329 g/mol. The van der Waals surface area contributed by atoms with Gasteiger partial charge in [0.25, 0.3) is 5.91 Å². The van der Waals surface area contributed by atoms with Crippen LogP contribution in [-0.2, 0) is 0 Å². The molecule has 126 valence electrons. The lowest BCUT2D eigenvalue weighted by Crippen LogP contribution is -2.45. The van der Waals surface area contributed by atoms with Crippen LogP contribution >= 0.6 is 0 Å². The fourth-order valence-corrected chi connectivity index (χ4v) is 4.23. The number of nitrogens with one attached hydrogen (secondary N) is 1. The van der Waals surface area contributed by atoms with E-state index in [-0.39, 0.29) is 17.6 Å². The van der Waals surface area contributed by atoms with Crippen molar-refractivity contribution in [2.45, 2.75) is 25.3 Å². The van der Waals surface area contributed by atoms with Crippen molar-refractivity contribution in [3.8, 4) is 0 Å². The minimum Gasteiger partial charge on any atom is -0.465 e. The van der Waals surface area contributed by atoms with E-state index in [0.717, 1.165) is 19.3 Å². The van der Waals surface area contributed by atoms with Crippen LogP contribution in [0.1, 0.15) is 29.8 Å². The number of likely N-dealkylation sites (tertiary alicyclic amines) is 1. The van der Waals surface area contributed by atoms with Gasteiger partial charge in [-0.25, -0.2) is 4.79 Å². The number of fused-ring (bicyclic) bond motifs is 2. The van der Waals surface area contributed by atoms with Gasteiger partial charge in [0.2, 0.25) is 0 Å². The lowest BCUT2D eigenvalue weighted by molar-refractivity contribution is 0.0918. The topological polar surface area (TPSA) is 95.7 Å². The molecule has 2 amide bonds. The van der Waals surface area contributed by atoms with Crippen LogP contribution in [0.4, 0.5) is 4.79 Å². The van der Waals surface area contributed by atoms with Crippen molar-refractivity contribution in [3.63, 3.8) is 0 Å². The summed E-state index contributed by atoms with van der Waals surface area (Å²) in [6, 6.07) is 7.02. The molecule has 0 spiro atoms. The van der Waals surface area contributed by atoms with E-state index in [4.69, 9.17) is 4.52 Å². The van der Waals surface area contributed by atoms with E-state index in [1.165, 1.54) is 4.90 Å². The minimum atomic E-state index is -0.907. The Hall–Kier alpha value is -2.57. The highest BCUT2D eigenvalue weighted by molar-refractivity contribution is 6.03. The number of rotatable bonds is 3. The van der Waals surface area contributed by atoms with Crippen molar-refractivity contribution in [2.75, 3.05) is 13.1 Å². The van der Waals surface area contributed by atoms with Crippen molar-refractivity contribution >= 4 is 23.0 Å². The molecule has 2 aromatic rings. The Morgan fingerprint density at radius 1 is 1.33 bits per heavy atom. The minimum absolute atomic E-state index is 0.155. The van der Waals surface area contributed by atoms with Crippen LogP contribution in [0.2, 0.25) is 0 Å². The number of hydrogen-bond acceptors (Lipinski definition) is 4. The number of nitrogens with zero attached hydrogens (tertiary/aromatic N) is 2. The maximum Gasteiger partial charge on any atom is 0.407 e. The first-order valence-electron chi connectivity index (χ1n) is 8.27. The maximum atomic E-state index is 12.4. The molecule has 1 aromatic carbocycles. The second-order valence-electron chi connectivity index (χ2n) is 6.59. The zero-order valence-electron chi connectivity index (χ0n) is 13.1. The molecular weight excluding hydrogens is 310 g/mol. The Bertz CT molecular complexity index is 787. The third-order valence-electron chi connectivity index (χ3n) is 5.35. The van der Waals surface area contributed by atoms with Gasteiger partial charge in [-0.05, 0) is 36.8 Å². The fourth-order valence-electron chi connectivity index (χ4n) is 4.23. The lowest BCUT2D eigenvalue weighted by Gasteiger charge is -2.25. The summed E-state index contributed by atoms with van der Waals surface area (Å²) in [6.07, 6.45) is 2.34. The number of para-hydroxylation sites is 1. The summed E-state index contributed by atoms with van der Waals surface area (Å²) in [5.41, 5.74) is 0.806. The Labute approximate surface area is 138 Å². The van der Waals surface area contributed by atoms with Crippen molar-refractivity contribution < 1.29 is 19.2 Å². The third kappa shape index (κ3) is 2.40. The van der Waals surface area contributed by atoms with E-state index in [2.05, 4.69) is 10.5 Å². The zero-order chi connectivity index (χ0) is 16.7. The third-order valence-corrected chi connectivity index (χ3v) is 5.35. The standard InChI is InChI=1S/C17H19N3O4/c21-16(15-12-5-1-2-7-14(12)24-19-15)18-8-13-11-6-3-4-10(11)9-20(13)17(22)23/h1-2,5,7,10-11,13H,3-4,6,8-9H2,(H,18,21)(H,22,23)/t10?,11-,13+/m0/s1. The molecule has 1 aliphatic carbocycles. The van der Waals surface area contributed by atoms with Gasteiger partial charge in [0.15, 0.2) is 11.3 Å². The number of aromatic nitrogens is 1. The van der Waals surface area contributed by atoms with Crippen molar-refractivity contribution in [1.29, 1.82) is 0 Å². The Morgan fingerprint density at radius 3 is 3.00 bits per heavy atom.